The van der Waals surface area contributed by atoms with Gasteiger partial charge in [0.15, 0.2) is 0 Å². The summed E-state index contributed by atoms with van der Waals surface area (Å²) in [4.78, 5) is 34.6. The molecule has 3 amide bonds. The van der Waals surface area contributed by atoms with Gasteiger partial charge in [-0.1, -0.05) is 33.8 Å². The molecule has 1 unspecified atom stereocenters. The molecule has 1 atom stereocenters. The van der Waals surface area contributed by atoms with Crippen LogP contribution in [0.3, 0.4) is 0 Å². The highest BCUT2D eigenvalue weighted by Crippen LogP contribution is 2.18. The molecule has 0 spiro atoms. The zero-order chi connectivity index (χ0) is 17.6. The molecular weight excluding hydrogens is 299 g/mol. The normalized spacial score (nSPS) is 17.2. The van der Waals surface area contributed by atoms with Gasteiger partial charge < -0.3 is 5.32 Å². The van der Waals surface area contributed by atoms with Crippen LogP contribution in [0.15, 0.2) is 18.2 Å². The minimum Gasteiger partial charge on any atom is -0.340 e. The number of nitrogens with one attached hydrogen (secondary N) is 2. The van der Waals surface area contributed by atoms with Gasteiger partial charge in [0.05, 0.1) is 5.56 Å². The first kappa shape index (κ1) is 18.8. The maximum atomic E-state index is 14.0. The van der Waals surface area contributed by atoms with Crippen molar-refractivity contribution >= 4 is 17.7 Å². The first-order chi connectivity index (χ1) is 10.9. The SMILES string of the molecule is CC.CC(C)c1ccc(C(=O)NC2CCC(=O)NC2=O)c(F)c1. The Morgan fingerprint density at radius 1 is 1.30 bits per heavy atom. The molecule has 1 aromatic carbocycles. The molecular formula is C17H23FN2O3. The quantitative estimate of drug-likeness (QED) is 0.840. The van der Waals surface area contributed by atoms with Crippen molar-refractivity contribution in [3.8, 4) is 0 Å². The van der Waals surface area contributed by atoms with Gasteiger partial charge in [0.25, 0.3) is 5.91 Å². The van der Waals surface area contributed by atoms with Crippen LogP contribution in [-0.2, 0) is 9.59 Å². The highest BCUT2D eigenvalue weighted by Gasteiger charge is 2.28. The van der Waals surface area contributed by atoms with Gasteiger partial charge in [-0.05, 0) is 30.0 Å². The van der Waals surface area contributed by atoms with Gasteiger partial charge >= 0.3 is 0 Å². The van der Waals surface area contributed by atoms with E-state index < -0.39 is 23.7 Å². The summed E-state index contributed by atoms with van der Waals surface area (Å²) in [7, 11) is 0. The highest BCUT2D eigenvalue weighted by atomic mass is 19.1. The van der Waals surface area contributed by atoms with E-state index in [0.29, 0.717) is 0 Å². The molecule has 1 aliphatic heterocycles. The molecule has 6 heteroatoms. The van der Waals surface area contributed by atoms with E-state index in [4.69, 9.17) is 0 Å². The first-order valence-electron chi connectivity index (χ1n) is 7.82. The average molecular weight is 322 g/mol. The second-order valence-corrected chi connectivity index (χ2v) is 5.37. The second-order valence-electron chi connectivity index (χ2n) is 5.37. The molecule has 0 radical (unpaired) electrons. The summed E-state index contributed by atoms with van der Waals surface area (Å²) in [5.74, 6) is -2.04. The second kappa shape index (κ2) is 8.41. The molecule has 23 heavy (non-hydrogen) atoms. The van der Waals surface area contributed by atoms with E-state index >= 15 is 0 Å². The Morgan fingerprint density at radius 2 is 1.96 bits per heavy atom. The summed E-state index contributed by atoms with van der Waals surface area (Å²) in [6.45, 7) is 7.86. The van der Waals surface area contributed by atoms with Crippen molar-refractivity contribution in [2.75, 3.05) is 0 Å². The molecule has 0 aromatic heterocycles. The predicted octanol–water partition coefficient (Wildman–Crippen LogP) is 2.51. The minimum absolute atomic E-state index is 0.107. The lowest BCUT2D eigenvalue weighted by Crippen LogP contribution is -2.52. The lowest BCUT2D eigenvalue weighted by Gasteiger charge is -2.22. The number of benzene rings is 1. The number of hydrogen-bond donors (Lipinski definition) is 2. The van der Waals surface area contributed by atoms with E-state index in [1.54, 1.807) is 6.07 Å². The summed E-state index contributed by atoms with van der Waals surface area (Å²) in [6, 6.07) is 3.61. The number of carbonyl (C=O) groups excluding carboxylic acids is 3. The zero-order valence-corrected chi connectivity index (χ0v) is 13.9. The van der Waals surface area contributed by atoms with Crippen molar-refractivity contribution in [1.82, 2.24) is 10.6 Å². The van der Waals surface area contributed by atoms with Crippen LogP contribution < -0.4 is 10.6 Å². The number of rotatable bonds is 3. The lowest BCUT2D eigenvalue weighted by atomic mass is 10.0. The van der Waals surface area contributed by atoms with Crippen LogP contribution in [0.2, 0.25) is 0 Å². The number of hydrogen-bond acceptors (Lipinski definition) is 3. The maximum absolute atomic E-state index is 14.0. The van der Waals surface area contributed by atoms with Crippen molar-refractivity contribution in [2.24, 2.45) is 0 Å². The summed E-state index contributed by atoms with van der Waals surface area (Å²) in [5.41, 5.74) is 0.689. The Balaban J connectivity index is 0.00000127. The van der Waals surface area contributed by atoms with Crippen molar-refractivity contribution in [2.45, 2.75) is 52.5 Å². The van der Waals surface area contributed by atoms with Gasteiger partial charge in [-0.25, -0.2) is 4.39 Å². The maximum Gasteiger partial charge on any atom is 0.254 e. The number of piperidine rings is 1. The van der Waals surface area contributed by atoms with Gasteiger partial charge in [0, 0.05) is 6.42 Å². The van der Waals surface area contributed by atoms with E-state index in [-0.39, 0.29) is 30.2 Å². The van der Waals surface area contributed by atoms with E-state index in [0.717, 1.165) is 5.56 Å². The Bertz CT molecular complexity index is 600. The summed E-state index contributed by atoms with van der Waals surface area (Å²) in [6.07, 6.45) is 0.382. The fraction of sp³-hybridized carbons (Fsp3) is 0.471. The van der Waals surface area contributed by atoms with E-state index in [2.05, 4.69) is 10.6 Å². The Hall–Kier alpha value is -2.24. The van der Waals surface area contributed by atoms with Crippen LogP contribution in [0, 0.1) is 5.82 Å². The lowest BCUT2D eigenvalue weighted by molar-refractivity contribution is -0.134. The molecule has 126 valence electrons. The summed E-state index contributed by atoms with van der Waals surface area (Å²) >= 11 is 0. The van der Waals surface area contributed by atoms with Crippen molar-refractivity contribution in [3.63, 3.8) is 0 Å². The van der Waals surface area contributed by atoms with Gasteiger partial charge in [0.1, 0.15) is 11.9 Å². The monoisotopic (exact) mass is 322 g/mol. The molecule has 1 heterocycles. The molecule has 1 aromatic rings. The number of imide groups is 1. The Kier molecular flexibility index (Phi) is 6.88. The molecule has 0 saturated carbocycles. The molecule has 1 saturated heterocycles. The fourth-order valence-corrected chi connectivity index (χ4v) is 2.14. The Morgan fingerprint density at radius 3 is 2.48 bits per heavy atom. The van der Waals surface area contributed by atoms with Gasteiger partial charge in [0.2, 0.25) is 11.8 Å². The fourth-order valence-electron chi connectivity index (χ4n) is 2.14. The average Bonchev–Trinajstić information content (AvgIpc) is 2.51. The molecule has 1 aliphatic rings. The highest BCUT2D eigenvalue weighted by molar-refractivity contribution is 6.03. The van der Waals surface area contributed by atoms with Crippen molar-refractivity contribution < 1.29 is 18.8 Å². The van der Waals surface area contributed by atoms with Gasteiger partial charge in [-0.2, -0.15) is 0 Å². The summed E-state index contributed by atoms with van der Waals surface area (Å²) < 4.78 is 14.0. The molecule has 0 aliphatic carbocycles. The van der Waals surface area contributed by atoms with Crippen LogP contribution in [0.5, 0.6) is 0 Å². The van der Waals surface area contributed by atoms with Crippen molar-refractivity contribution in [1.29, 1.82) is 0 Å². The van der Waals surface area contributed by atoms with E-state index in [1.165, 1.54) is 12.1 Å². The largest absolute Gasteiger partial charge is 0.340 e. The van der Waals surface area contributed by atoms with Crippen LogP contribution in [0.4, 0.5) is 4.39 Å². The topological polar surface area (TPSA) is 75.3 Å². The standard InChI is InChI=1S/C15H17FN2O3.C2H6/c1-8(2)9-3-4-10(11(16)7-9)14(20)17-12-5-6-13(19)18-15(12)21;1-2/h3-4,7-8,12H,5-6H2,1-2H3,(H,17,20)(H,18,19,21);1-2H3. The number of amides is 3. The number of carbonyl (C=O) groups is 3. The number of halogens is 1. The van der Waals surface area contributed by atoms with Gasteiger partial charge in [-0.15, -0.1) is 0 Å². The van der Waals surface area contributed by atoms with Crippen LogP contribution in [0.25, 0.3) is 0 Å². The predicted molar refractivity (Wildman–Crippen MR) is 85.5 cm³/mol. The molecule has 1 fully saturated rings. The zero-order valence-electron chi connectivity index (χ0n) is 13.9. The van der Waals surface area contributed by atoms with E-state index in [9.17, 15) is 18.8 Å². The smallest absolute Gasteiger partial charge is 0.254 e. The summed E-state index contributed by atoms with van der Waals surface area (Å²) in [5, 5.41) is 4.59. The molecule has 0 bridgehead atoms. The van der Waals surface area contributed by atoms with Crippen LogP contribution >= 0.6 is 0 Å². The van der Waals surface area contributed by atoms with Crippen molar-refractivity contribution in [3.05, 3.63) is 35.1 Å². The molecule has 2 rings (SSSR count). The minimum atomic E-state index is -0.806. The third-order valence-electron chi connectivity index (χ3n) is 3.45. The third-order valence-corrected chi connectivity index (χ3v) is 3.45. The molecule has 5 nitrogen and oxygen atoms in total. The van der Waals surface area contributed by atoms with Gasteiger partial charge in [-0.3, -0.25) is 19.7 Å². The van der Waals surface area contributed by atoms with Crippen LogP contribution in [-0.4, -0.2) is 23.8 Å². The van der Waals surface area contributed by atoms with E-state index in [1.807, 2.05) is 27.7 Å². The van der Waals surface area contributed by atoms with Crippen LogP contribution in [0.1, 0.15) is 62.4 Å². The third kappa shape index (κ3) is 4.87. The first-order valence-corrected chi connectivity index (χ1v) is 7.82. The molecule has 2 N–H and O–H groups in total. The Labute approximate surface area is 135 Å².